The number of halogens is 4. The minimum absolute atomic E-state index is 0.149. The van der Waals surface area contributed by atoms with Crippen LogP contribution in [0.1, 0.15) is 51.9 Å². The van der Waals surface area contributed by atoms with E-state index in [9.17, 15) is 22.8 Å². The van der Waals surface area contributed by atoms with Crippen LogP contribution in [0.25, 0.3) is 0 Å². The molecule has 1 aliphatic carbocycles. The summed E-state index contributed by atoms with van der Waals surface area (Å²) < 4.78 is 42.0. The molecule has 0 spiro atoms. The lowest BCUT2D eigenvalue weighted by Gasteiger charge is -2.15. The number of ketones is 1. The van der Waals surface area contributed by atoms with E-state index in [2.05, 4.69) is 0 Å². The Labute approximate surface area is 162 Å². The van der Waals surface area contributed by atoms with Crippen molar-refractivity contribution >= 4 is 23.4 Å². The number of rotatable bonds is 10. The zero-order valence-electron chi connectivity index (χ0n) is 15.2. The number of allylic oxidation sites excluding steroid dienone is 6. The molecule has 0 saturated carbocycles. The first-order valence-corrected chi connectivity index (χ1v) is 9.22. The molecule has 27 heavy (non-hydrogen) atoms. The van der Waals surface area contributed by atoms with Crippen LogP contribution >= 0.6 is 11.6 Å². The van der Waals surface area contributed by atoms with Gasteiger partial charge in [0.15, 0.2) is 5.78 Å². The van der Waals surface area contributed by atoms with E-state index in [-0.39, 0.29) is 30.1 Å². The van der Waals surface area contributed by atoms with Gasteiger partial charge in [0.2, 0.25) is 0 Å². The summed E-state index contributed by atoms with van der Waals surface area (Å²) in [6, 6.07) is 0. The molecule has 0 aromatic heterocycles. The van der Waals surface area contributed by atoms with Gasteiger partial charge in [0.25, 0.3) is 0 Å². The first-order valence-electron chi connectivity index (χ1n) is 8.84. The Kier molecular flexibility index (Phi) is 10.1. The van der Waals surface area contributed by atoms with Crippen LogP contribution in [0.4, 0.5) is 13.2 Å². The number of unbranched alkanes of at least 4 members (excludes halogenated alkanes) is 1. The summed E-state index contributed by atoms with van der Waals surface area (Å²) >= 11 is 5.75. The molecule has 0 aromatic rings. The predicted octanol–water partition coefficient (Wildman–Crippen LogP) is 5.96. The Hall–Kier alpha value is -1.82. The molecule has 150 valence electrons. The highest BCUT2D eigenvalue weighted by Crippen LogP contribution is 2.24. The summed E-state index contributed by atoms with van der Waals surface area (Å²) in [5.74, 6) is -0.665. The lowest BCUT2D eigenvalue weighted by Crippen LogP contribution is -2.17. The maximum Gasteiger partial charge on any atom is 0.392 e. The van der Waals surface area contributed by atoms with E-state index < -0.39 is 24.7 Å². The predicted molar refractivity (Wildman–Crippen MR) is 99.2 cm³/mol. The molecule has 0 aromatic carbocycles. The Morgan fingerprint density at radius 2 is 2.04 bits per heavy atom. The van der Waals surface area contributed by atoms with Crippen molar-refractivity contribution in [2.45, 2.75) is 64.1 Å². The fourth-order valence-corrected chi connectivity index (χ4v) is 2.62. The van der Waals surface area contributed by atoms with E-state index in [1.807, 2.05) is 19.1 Å². The number of alkyl halides is 3. The van der Waals surface area contributed by atoms with Gasteiger partial charge in [-0.05, 0) is 26.2 Å². The average molecular weight is 405 g/mol. The van der Waals surface area contributed by atoms with Gasteiger partial charge in [-0.3, -0.25) is 9.59 Å². The third-order valence-corrected chi connectivity index (χ3v) is 4.16. The number of carbonyl (C=O) groups is 2. The zero-order valence-corrected chi connectivity index (χ0v) is 16.0. The van der Waals surface area contributed by atoms with Gasteiger partial charge in [-0.25, -0.2) is 0 Å². The largest absolute Gasteiger partial charge is 0.462 e. The normalized spacial score (nSPS) is 17.9. The van der Waals surface area contributed by atoms with Crippen molar-refractivity contribution in [2.24, 2.45) is 0 Å². The molecule has 7 heteroatoms. The molecule has 0 radical (unpaired) electrons. The molecule has 0 N–H and O–H groups in total. The van der Waals surface area contributed by atoms with Gasteiger partial charge in [0, 0.05) is 24.8 Å². The van der Waals surface area contributed by atoms with Gasteiger partial charge >= 0.3 is 12.1 Å². The number of ether oxygens (including phenoxy) is 1. The fraction of sp³-hybridized carbons (Fsp3) is 0.500. The topological polar surface area (TPSA) is 43.4 Å². The summed E-state index contributed by atoms with van der Waals surface area (Å²) in [5, 5.41) is 0.156. The summed E-state index contributed by atoms with van der Waals surface area (Å²) in [7, 11) is 0. The molecule has 1 unspecified atom stereocenters. The monoisotopic (exact) mass is 404 g/mol. The molecular formula is C20H24ClF3O3. The molecule has 0 saturated heterocycles. The number of hydrogen-bond donors (Lipinski definition) is 0. The Morgan fingerprint density at radius 1 is 1.30 bits per heavy atom. The number of carbonyl (C=O) groups excluding carboxylic acids is 2. The van der Waals surface area contributed by atoms with Crippen molar-refractivity contribution in [3.05, 3.63) is 47.1 Å². The van der Waals surface area contributed by atoms with E-state index in [0.29, 0.717) is 18.4 Å². The molecule has 1 rings (SSSR count). The molecule has 0 amide bonds. The minimum Gasteiger partial charge on any atom is -0.462 e. The van der Waals surface area contributed by atoms with Gasteiger partial charge in [-0.15, -0.1) is 0 Å². The van der Waals surface area contributed by atoms with Crippen LogP contribution in [0, 0.1) is 0 Å². The Bertz CT molecular complexity index is 631. The van der Waals surface area contributed by atoms with Crippen molar-refractivity contribution < 1.29 is 27.5 Å². The first-order chi connectivity index (χ1) is 12.7. The van der Waals surface area contributed by atoms with Crippen molar-refractivity contribution in [2.75, 3.05) is 0 Å². The third-order valence-electron chi connectivity index (χ3n) is 3.84. The van der Waals surface area contributed by atoms with Gasteiger partial charge < -0.3 is 4.74 Å². The van der Waals surface area contributed by atoms with E-state index in [0.717, 1.165) is 12.5 Å². The van der Waals surface area contributed by atoms with Crippen molar-refractivity contribution in [3.63, 3.8) is 0 Å². The Balaban J connectivity index is 2.61. The molecule has 1 aliphatic rings. The third kappa shape index (κ3) is 10.2. The second-order valence-electron chi connectivity index (χ2n) is 6.15. The molecule has 0 heterocycles. The molecule has 1 atom stereocenters. The van der Waals surface area contributed by atoms with Crippen LogP contribution in [0.2, 0.25) is 0 Å². The van der Waals surface area contributed by atoms with Crippen LogP contribution in [0.3, 0.4) is 0 Å². The molecular weight excluding hydrogens is 381 g/mol. The van der Waals surface area contributed by atoms with Gasteiger partial charge in [0.05, 0.1) is 11.5 Å². The average Bonchev–Trinajstić information content (AvgIpc) is 2.91. The van der Waals surface area contributed by atoms with Crippen molar-refractivity contribution in [3.8, 4) is 0 Å². The van der Waals surface area contributed by atoms with E-state index in [1.165, 1.54) is 6.08 Å². The Morgan fingerprint density at radius 3 is 2.63 bits per heavy atom. The second kappa shape index (κ2) is 11.8. The smallest absolute Gasteiger partial charge is 0.392 e. The SMILES string of the molecule is C/C=C\CCCC(=O)OC(C/C=C\CC(F)(F)F)C/C=C1\CC=C(Cl)C1=O. The molecule has 0 fully saturated rings. The fourth-order valence-electron chi connectivity index (χ4n) is 2.42. The quantitative estimate of drug-likeness (QED) is 0.195. The summed E-state index contributed by atoms with van der Waals surface area (Å²) in [5.41, 5.74) is 0.508. The van der Waals surface area contributed by atoms with Crippen LogP contribution < -0.4 is 0 Å². The number of esters is 1. The summed E-state index contributed by atoms with van der Waals surface area (Å²) in [6.07, 6.45) is 5.95. The van der Waals surface area contributed by atoms with Gasteiger partial charge in [0.1, 0.15) is 6.10 Å². The number of hydrogen-bond acceptors (Lipinski definition) is 3. The minimum atomic E-state index is -4.27. The maximum absolute atomic E-state index is 12.2. The van der Waals surface area contributed by atoms with Crippen LogP contribution in [-0.4, -0.2) is 24.0 Å². The molecule has 0 aliphatic heterocycles. The van der Waals surface area contributed by atoms with E-state index in [1.54, 1.807) is 12.2 Å². The van der Waals surface area contributed by atoms with E-state index in [4.69, 9.17) is 16.3 Å². The summed E-state index contributed by atoms with van der Waals surface area (Å²) in [4.78, 5) is 23.7. The van der Waals surface area contributed by atoms with Crippen LogP contribution in [-0.2, 0) is 14.3 Å². The second-order valence-corrected chi connectivity index (χ2v) is 6.56. The maximum atomic E-state index is 12.2. The van der Waals surface area contributed by atoms with Crippen LogP contribution in [0.15, 0.2) is 47.1 Å². The summed E-state index contributed by atoms with van der Waals surface area (Å²) in [6.45, 7) is 1.89. The lowest BCUT2D eigenvalue weighted by molar-refractivity contribution is -0.149. The van der Waals surface area contributed by atoms with Crippen molar-refractivity contribution in [1.29, 1.82) is 0 Å². The number of Topliss-reactive ketones (excluding diaryl/α,β-unsaturated/α-hetero) is 1. The van der Waals surface area contributed by atoms with E-state index >= 15 is 0 Å². The molecule has 0 bridgehead atoms. The van der Waals surface area contributed by atoms with Gasteiger partial charge in [-0.1, -0.05) is 48.1 Å². The van der Waals surface area contributed by atoms with Gasteiger partial charge in [-0.2, -0.15) is 13.2 Å². The van der Waals surface area contributed by atoms with Crippen LogP contribution in [0.5, 0.6) is 0 Å². The first kappa shape index (κ1) is 23.2. The zero-order chi connectivity index (χ0) is 20.3. The molecule has 3 nitrogen and oxygen atoms in total. The highest BCUT2D eigenvalue weighted by molar-refractivity contribution is 6.46. The lowest BCUT2D eigenvalue weighted by atomic mass is 10.1. The standard InChI is InChI=1S/C20H24ClF3O3/c1-2-3-4-5-9-18(25)27-16(8-6-7-14-20(22,23)24)12-10-15-11-13-17(21)19(15)26/h2-3,6-7,10,13,16H,4-5,8-9,11-12,14H2,1H3/b3-2-,7-6-,15-10+. The van der Waals surface area contributed by atoms with Crippen molar-refractivity contribution in [1.82, 2.24) is 0 Å². The highest BCUT2D eigenvalue weighted by atomic mass is 35.5. The highest BCUT2D eigenvalue weighted by Gasteiger charge is 2.24.